The first kappa shape index (κ1) is 25.9. The number of hydrogen-bond acceptors (Lipinski definition) is 3. The second-order valence-corrected chi connectivity index (χ2v) is 8.61. The molecule has 2 N–H and O–H groups in total. The summed E-state index contributed by atoms with van der Waals surface area (Å²) in [5.41, 5.74) is -3.83. The lowest BCUT2D eigenvalue weighted by atomic mass is 9.98. The lowest BCUT2D eigenvalue weighted by Crippen LogP contribution is -2.47. The van der Waals surface area contributed by atoms with Crippen molar-refractivity contribution in [3.8, 4) is 0 Å². The van der Waals surface area contributed by atoms with E-state index in [1.807, 2.05) is 0 Å². The third-order valence-corrected chi connectivity index (χ3v) is 6.30. The van der Waals surface area contributed by atoms with Gasteiger partial charge in [-0.05, 0) is 42.9 Å². The van der Waals surface area contributed by atoms with Crippen molar-refractivity contribution in [3.63, 3.8) is 0 Å². The molecule has 29 heavy (non-hydrogen) atoms. The Labute approximate surface area is 185 Å². The van der Waals surface area contributed by atoms with Crippen molar-refractivity contribution in [1.82, 2.24) is 14.9 Å². The smallest absolute Gasteiger partial charge is 0.356 e. The molecule has 6 nitrogen and oxygen atoms in total. The molecule has 1 aliphatic heterocycles. The maximum Gasteiger partial charge on any atom is 0.511 e. The number of alkyl halides is 3. The van der Waals surface area contributed by atoms with Crippen LogP contribution in [0.5, 0.6) is 0 Å². The van der Waals surface area contributed by atoms with Gasteiger partial charge in [0, 0.05) is 33.2 Å². The summed E-state index contributed by atoms with van der Waals surface area (Å²) < 4.78 is 74.4. The Morgan fingerprint density at radius 1 is 1.24 bits per heavy atom. The molecule has 0 spiro atoms. The number of hydrogen-bond donors (Lipinski definition) is 2. The van der Waals surface area contributed by atoms with Crippen LogP contribution in [-0.4, -0.2) is 50.9 Å². The zero-order valence-electron chi connectivity index (χ0n) is 16.1. The normalized spacial score (nSPS) is 17.0. The van der Waals surface area contributed by atoms with Gasteiger partial charge in [-0.3, -0.25) is 4.99 Å². The van der Waals surface area contributed by atoms with Crippen LogP contribution in [0.1, 0.15) is 24.0 Å². The van der Waals surface area contributed by atoms with Gasteiger partial charge in [0.15, 0.2) is 5.96 Å². The van der Waals surface area contributed by atoms with Crippen molar-refractivity contribution in [2.45, 2.75) is 31.8 Å². The largest absolute Gasteiger partial charge is 0.511 e. The van der Waals surface area contributed by atoms with Crippen molar-refractivity contribution in [1.29, 1.82) is 0 Å². The fourth-order valence-electron chi connectivity index (χ4n) is 2.96. The number of aliphatic imine (C=N–C) groups is 1. The predicted octanol–water partition coefficient (Wildman–Crippen LogP) is 2.98. The van der Waals surface area contributed by atoms with Gasteiger partial charge in [0.2, 0.25) is 0 Å². The highest BCUT2D eigenvalue weighted by Crippen LogP contribution is 2.30. The maximum absolute atomic E-state index is 13.3. The summed E-state index contributed by atoms with van der Waals surface area (Å²) in [5.74, 6) is 0.267. The van der Waals surface area contributed by atoms with Crippen LogP contribution >= 0.6 is 24.0 Å². The van der Waals surface area contributed by atoms with Gasteiger partial charge in [-0.2, -0.15) is 17.5 Å². The summed E-state index contributed by atoms with van der Waals surface area (Å²) in [6.07, 6.45) is 0.660. The van der Waals surface area contributed by atoms with E-state index in [9.17, 15) is 26.0 Å². The van der Waals surface area contributed by atoms with E-state index >= 15 is 0 Å². The molecular weight excluding hydrogens is 527 g/mol. The highest BCUT2D eigenvalue weighted by molar-refractivity contribution is 14.0. The minimum Gasteiger partial charge on any atom is -0.356 e. The molecule has 0 unspecified atom stereocenters. The van der Waals surface area contributed by atoms with Crippen molar-refractivity contribution >= 4 is 40.0 Å². The van der Waals surface area contributed by atoms with E-state index in [2.05, 4.69) is 15.6 Å². The number of aryl methyl sites for hydroxylation is 1. The minimum atomic E-state index is -5.26. The first-order valence-electron chi connectivity index (χ1n) is 8.80. The van der Waals surface area contributed by atoms with Crippen molar-refractivity contribution in [3.05, 3.63) is 35.1 Å². The van der Waals surface area contributed by atoms with E-state index in [-0.39, 0.29) is 48.8 Å². The minimum absolute atomic E-state index is 0. The molecule has 1 heterocycles. The van der Waals surface area contributed by atoms with Gasteiger partial charge in [0.05, 0.1) is 0 Å². The highest BCUT2D eigenvalue weighted by atomic mass is 127. The first-order chi connectivity index (χ1) is 13.0. The fraction of sp³-hybridized carbons (Fsp3) is 0.588. The van der Waals surface area contributed by atoms with Crippen LogP contribution in [0.4, 0.5) is 17.6 Å². The number of rotatable bonds is 5. The number of sulfonamides is 1. The van der Waals surface area contributed by atoms with Gasteiger partial charge < -0.3 is 10.6 Å². The summed E-state index contributed by atoms with van der Waals surface area (Å²) in [7, 11) is -3.67. The summed E-state index contributed by atoms with van der Waals surface area (Å²) in [5, 5.41) is 6.18. The van der Waals surface area contributed by atoms with Crippen LogP contribution in [0.2, 0.25) is 0 Å². The first-order valence-corrected chi connectivity index (χ1v) is 10.2. The highest BCUT2D eigenvalue weighted by Gasteiger charge is 2.50. The van der Waals surface area contributed by atoms with Gasteiger partial charge in [-0.15, -0.1) is 24.0 Å². The molecule has 1 fully saturated rings. The molecule has 1 saturated heterocycles. The molecule has 0 radical (unpaired) electrons. The average Bonchev–Trinajstić information content (AvgIpc) is 2.64. The molecule has 166 valence electrons. The zero-order valence-corrected chi connectivity index (χ0v) is 19.2. The van der Waals surface area contributed by atoms with Crippen molar-refractivity contribution < 1.29 is 26.0 Å². The Hall–Kier alpha value is -1.15. The average molecular weight is 552 g/mol. The Morgan fingerprint density at radius 2 is 1.86 bits per heavy atom. The molecule has 1 aromatic carbocycles. The monoisotopic (exact) mass is 552 g/mol. The number of nitrogens with one attached hydrogen (secondary N) is 2. The van der Waals surface area contributed by atoms with E-state index in [4.69, 9.17) is 0 Å². The van der Waals surface area contributed by atoms with Crippen LogP contribution in [0, 0.1) is 18.7 Å². The van der Waals surface area contributed by atoms with Gasteiger partial charge in [-0.25, -0.2) is 12.8 Å². The van der Waals surface area contributed by atoms with E-state index in [0.717, 1.165) is 5.56 Å². The van der Waals surface area contributed by atoms with Crippen molar-refractivity contribution in [2.75, 3.05) is 26.7 Å². The second-order valence-electron chi connectivity index (χ2n) is 6.68. The molecule has 0 saturated carbocycles. The van der Waals surface area contributed by atoms with Gasteiger partial charge >= 0.3 is 15.5 Å². The fourth-order valence-corrected chi connectivity index (χ4v) is 3.95. The third kappa shape index (κ3) is 6.95. The lowest BCUT2D eigenvalue weighted by molar-refractivity contribution is -0.0496. The standard InChI is InChI=1S/C17H24F4N4O2S.HI/c1-12-9-14(3-4-15(12)18)11-24-16(22-2)23-10-13-5-7-25(8-6-13)28(26,27)17(19,20)21;/h3-4,9,13H,5-8,10-11H2,1-2H3,(H2,22,23,24);1H. The topological polar surface area (TPSA) is 73.8 Å². The van der Waals surface area contributed by atoms with E-state index in [1.165, 1.54) is 6.07 Å². The third-order valence-electron chi connectivity index (χ3n) is 4.67. The van der Waals surface area contributed by atoms with Crippen LogP contribution in [0.3, 0.4) is 0 Å². The molecule has 2 rings (SSSR count). The molecule has 1 aromatic rings. The SMILES string of the molecule is CN=C(NCc1ccc(F)c(C)c1)NCC1CCN(S(=O)(=O)C(F)(F)F)CC1.I. The Kier molecular flexibility index (Phi) is 9.60. The van der Waals surface area contributed by atoms with Gasteiger partial charge in [-0.1, -0.05) is 12.1 Å². The van der Waals surface area contributed by atoms with Crippen LogP contribution < -0.4 is 10.6 Å². The van der Waals surface area contributed by atoms with Gasteiger partial charge in [0.1, 0.15) is 5.82 Å². The number of nitrogens with zero attached hydrogens (tertiary/aromatic N) is 2. The summed E-state index contributed by atoms with van der Waals surface area (Å²) in [4.78, 5) is 4.08. The molecule has 1 aliphatic rings. The summed E-state index contributed by atoms with van der Waals surface area (Å²) >= 11 is 0. The molecule has 0 bridgehead atoms. The van der Waals surface area contributed by atoms with E-state index in [0.29, 0.717) is 41.8 Å². The molecular formula is C17H25F4IN4O2S. The molecule has 0 atom stereocenters. The van der Waals surface area contributed by atoms with Crippen molar-refractivity contribution in [2.24, 2.45) is 10.9 Å². The number of halogens is 5. The molecule has 0 amide bonds. The summed E-state index contributed by atoms with van der Waals surface area (Å²) in [6, 6.07) is 4.79. The molecule has 12 heteroatoms. The number of benzene rings is 1. The van der Waals surface area contributed by atoms with Crippen LogP contribution in [0.15, 0.2) is 23.2 Å². The van der Waals surface area contributed by atoms with E-state index < -0.39 is 15.5 Å². The zero-order chi connectivity index (χ0) is 20.9. The quantitative estimate of drug-likeness (QED) is 0.255. The Balaban J connectivity index is 0.00000420. The summed E-state index contributed by atoms with van der Waals surface area (Å²) in [6.45, 7) is 2.26. The maximum atomic E-state index is 13.3. The van der Waals surface area contributed by atoms with E-state index in [1.54, 1.807) is 26.1 Å². The Bertz CT molecular complexity index is 810. The molecule has 0 aromatic heterocycles. The molecule has 0 aliphatic carbocycles. The number of piperidine rings is 1. The lowest BCUT2D eigenvalue weighted by Gasteiger charge is -2.31. The number of guanidine groups is 1. The Morgan fingerprint density at radius 3 is 2.38 bits per heavy atom. The predicted molar refractivity (Wildman–Crippen MR) is 114 cm³/mol. The second kappa shape index (κ2) is 10.8. The van der Waals surface area contributed by atoms with Crippen LogP contribution in [0.25, 0.3) is 0 Å². The van der Waals surface area contributed by atoms with Gasteiger partial charge in [0.25, 0.3) is 0 Å². The van der Waals surface area contributed by atoms with Crippen LogP contribution in [-0.2, 0) is 16.6 Å².